The zero-order valence-electron chi connectivity index (χ0n) is 19.2. The van der Waals surface area contributed by atoms with E-state index in [9.17, 15) is 14.4 Å². The smallest absolute Gasteiger partial charge is 0.257 e. The molecule has 0 aromatic heterocycles. The standard InChI is InChI=1S/C27H25N3O5/c1-17-5-4-6-19(13-17)28-27(33)21-7-2-3-8-22(21)29-26(32)18-14-25(31)30(16-18)20-9-10-23-24(15-20)35-12-11-34-23/h2-10,13,15,18H,11-12,14,16H2,1H3,(H,28,33)(H,29,32)/t18-/m1/s1. The van der Waals surface area contributed by atoms with Crippen LogP contribution in [0.5, 0.6) is 11.5 Å². The topological polar surface area (TPSA) is 97.0 Å². The van der Waals surface area contributed by atoms with Crippen LogP contribution >= 0.6 is 0 Å². The minimum Gasteiger partial charge on any atom is -0.486 e. The van der Waals surface area contributed by atoms with Gasteiger partial charge in [0.25, 0.3) is 5.91 Å². The van der Waals surface area contributed by atoms with Crippen molar-refractivity contribution in [3.8, 4) is 11.5 Å². The summed E-state index contributed by atoms with van der Waals surface area (Å²) in [4.78, 5) is 40.3. The number of carbonyl (C=O) groups excluding carboxylic acids is 3. The first-order valence-corrected chi connectivity index (χ1v) is 11.5. The molecule has 2 N–H and O–H groups in total. The average Bonchev–Trinajstić information content (AvgIpc) is 3.26. The number of nitrogens with one attached hydrogen (secondary N) is 2. The van der Waals surface area contributed by atoms with Crippen LogP contribution in [0.15, 0.2) is 66.7 Å². The molecular formula is C27H25N3O5. The largest absolute Gasteiger partial charge is 0.486 e. The summed E-state index contributed by atoms with van der Waals surface area (Å²) in [7, 11) is 0. The van der Waals surface area contributed by atoms with Crippen molar-refractivity contribution in [3.63, 3.8) is 0 Å². The number of amides is 3. The highest BCUT2D eigenvalue weighted by atomic mass is 16.6. The van der Waals surface area contributed by atoms with Gasteiger partial charge < -0.3 is 25.0 Å². The number of benzene rings is 3. The molecule has 0 radical (unpaired) electrons. The van der Waals surface area contributed by atoms with Crippen molar-refractivity contribution in [2.24, 2.45) is 5.92 Å². The number of aryl methyl sites for hydroxylation is 1. The van der Waals surface area contributed by atoms with Crippen LogP contribution in [0.4, 0.5) is 17.1 Å². The predicted molar refractivity (Wildman–Crippen MR) is 132 cm³/mol. The Kier molecular flexibility index (Phi) is 6.10. The van der Waals surface area contributed by atoms with Gasteiger partial charge in [-0.15, -0.1) is 0 Å². The number of para-hydroxylation sites is 1. The van der Waals surface area contributed by atoms with Crippen LogP contribution in [-0.4, -0.2) is 37.5 Å². The fraction of sp³-hybridized carbons (Fsp3) is 0.222. The number of carbonyl (C=O) groups is 3. The third-order valence-electron chi connectivity index (χ3n) is 6.04. The Bertz CT molecular complexity index is 1310. The van der Waals surface area contributed by atoms with E-state index in [0.29, 0.717) is 47.3 Å². The SMILES string of the molecule is Cc1cccc(NC(=O)c2ccccc2NC(=O)[C@@H]2CC(=O)N(c3ccc4c(c3)OCCO4)C2)c1. The van der Waals surface area contributed by atoms with Crippen molar-refractivity contribution in [3.05, 3.63) is 77.9 Å². The molecule has 0 spiro atoms. The fourth-order valence-corrected chi connectivity index (χ4v) is 4.28. The quantitative estimate of drug-likeness (QED) is 0.586. The summed E-state index contributed by atoms with van der Waals surface area (Å²) >= 11 is 0. The van der Waals surface area contributed by atoms with E-state index in [0.717, 1.165) is 5.56 Å². The van der Waals surface area contributed by atoms with Crippen LogP contribution in [0, 0.1) is 12.8 Å². The van der Waals surface area contributed by atoms with E-state index in [1.165, 1.54) is 0 Å². The highest BCUT2D eigenvalue weighted by Gasteiger charge is 2.36. The van der Waals surface area contributed by atoms with E-state index in [1.54, 1.807) is 47.4 Å². The van der Waals surface area contributed by atoms with Crippen molar-refractivity contribution < 1.29 is 23.9 Å². The number of rotatable bonds is 5. The van der Waals surface area contributed by atoms with Gasteiger partial charge in [0.1, 0.15) is 13.2 Å². The molecule has 0 unspecified atom stereocenters. The maximum absolute atomic E-state index is 13.1. The normalized spacial score (nSPS) is 16.7. The van der Waals surface area contributed by atoms with E-state index >= 15 is 0 Å². The Hall–Kier alpha value is -4.33. The minimum atomic E-state index is -0.552. The van der Waals surface area contributed by atoms with Crippen molar-refractivity contribution in [1.82, 2.24) is 0 Å². The highest BCUT2D eigenvalue weighted by molar-refractivity contribution is 6.11. The van der Waals surface area contributed by atoms with Gasteiger partial charge in [0.2, 0.25) is 11.8 Å². The molecule has 0 bridgehead atoms. The molecule has 0 aliphatic carbocycles. The van der Waals surface area contributed by atoms with Gasteiger partial charge in [0.05, 0.1) is 17.2 Å². The zero-order chi connectivity index (χ0) is 24.4. The molecule has 2 heterocycles. The molecule has 2 aliphatic rings. The van der Waals surface area contributed by atoms with Gasteiger partial charge in [-0.2, -0.15) is 0 Å². The minimum absolute atomic E-state index is 0.0813. The molecule has 1 fully saturated rings. The molecule has 1 atom stereocenters. The number of fused-ring (bicyclic) bond motifs is 1. The molecule has 3 aromatic rings. The summed E-state index contributed by atoms with van der Waals surface area (Å²) in [5.41, 5.74) is 3.10. The summed E-state index contributed by atoms with van der Waals surface area (Å²) in [6, 6.07) is 19.6. The molecule has 178 valence electrons. The molecule has 8 nitrogen and oxygen atoms in total. The zero-order valence-corrected chi connectivity index (χ0v) is 19.2. The second kappa shape index (κ2) is 9.50. The summed E-state index contributed by atoms with van der Waals surface area (Å²) in [6.45, 7) is 3.12. The van der Waals surface area contributed by atoms with Crippen molar-refractivity contribution in [2.75, 3.05) is 35.3 Å². The second-order valence-corrected chi connectivity index (χ2v) is 8.59. The Morgan fingerprint density at radius 1 is 0.914 bits per heavy atom. The Labute approximate surface area is 202 Å². The first-order chi connectivity index (χ1) is 17.0. The molecule has 35 heavy (non-hydrogen) atoms. The average molecular weight is 472 g/mol. The Morgan fingerprint density at radius 3 is 2.54 bits per heavy atom. The molecule has 8 heteroatoms. The van der Waals surface area contributed by atoms with E-state index in [4.69, 9.17) is 9.47 Å². The fourth-order valence-electron chi connectivity index (χ4n) is 4.28. The number of hydrogen-bond donors (Lipinski definition) is 2. The number of anilines is 3. The lowest BCUT2D eigenvalue weighted by atomic mass is 10.1. The van der Waals surface area contributed by atoms with Gasteiger partial charge in [-0.05, 0) is 48.9 Å². The monoisotopic (exact) mass is 471 g/mol. The Morgan fingerprint density at radius 2 is 1.71 bits per heavy atom. The maximum Gasteiger partial charge on any atom is 0.257 e. The van der Waals surface area contributed by atoms with E-state index in [-0.39, 0.29) is 30.7 Å². The van der Waals surface area contributed by atoms with Crippen LogP contribution in [-0.2, 0) is 9.59 Å². The molecule has 1 saturated heterocycles. The van der Waals surface area contributed by atoms with E-state index < -0.39 is 5.92 Å². The van der Waals surface area contributed by atoms with Gasteiger partial charge in [-0.1, -0.05) is 24.3 Å². The highest BCUT2D eigenvalue weighted by Crippen LogP contribution is 2.36. The lowest BCUT2D eigenvalue weighted by molar-refractivity contribution is -0.122. The van der Waals surface area contributed by atoms with Crippen LogP contribution < -0.4 is 25.0 Å². The van der Waals surface area contributed by atoms with Crippen LogP contribution in [0.1, 0.15) is 22.3 Å². The molecule has 3 amide bonds. The van der Waals surface area contributed by atoms with Gasteiger partial charge >= 0.3 is 0 Å². The van der Waals surface area contributed by atoms with E-state index in [2.05, 4.69) is 10.6 Å². The summed E-state index contributed by atoms with van der Waals surface area (Å²) in [5.74, 6) is -0.110. The predicted octanol–water partition coefficient (Wildman–Crippen LogP) is 4.01. The van der Waals surface area contributed by atoms with Crippen molar-refractivity contribution >= 4 is 34.8 Å². The third kappa shape index (κ3) is 4.82. The lowest BCUT2D eigenvalue weighted by Crippen LogP contribution is -2.29. The molecule has 2 aliphatic heterocycles. The van der Waals surface area contributed by atoms with Gasteiger partial charge in [0.15, 0.2) is 11.5 Å². The molecular weight excluding hydrogens is 446 g/mol. The molecule has 5 rings (SSSR count). The summed E-state index contributed by atoms with van der Waals surface area (Å²) < 4.78 is 11.2. The third-order valence-corrected chi connectivity index (χ3v) is 6.04. The molecule has 0 saturated carbocycles. The number of hydrogen-bond acceptors (Lipinski definition) is 5. The van der Waals surface area contributed by atoms with Crippen LogP contribution in [0.3, 0.4) is 0 Å². The van der Waals surface area contributed by atoms with E-state index in [1.807, 2.05) is 31.2 Å². The number of nitrogens with zero attached hydrogens (tertiary/aromatic N) is 1. The van der Waals surface area contributed by atoms with Gasteiger partial charge in [-0.3, -0.25) is 14.4 Å². The van der Waals surface area contributed by atoms with Gasteiger partial charge in [-0.25, -0.2) is 0 Å². The maximum atomic E-state index is 13.1. The summed E-state index contributed by atoms with van der Waals surface area (Å²) in [5, 5.41) is 5.72. The number of ether oxygens (including phenoxy) is 2. The van der Waals surface area contributed by atoms with Crippen molar-refractivity contribution in [2.45, 2.75) is 13.3 Å². The van der Waals surface area contributed by atoms with Crippen LogP contribution in [0.25, 0.3) is 0 Å². The first kappa shape index (κ1) is 22.5. The lowest BCUT2D eigenvalue weighted by Gasteiger charge is -2.22. The van der Waals surface area contributed by atoms with Gasteiger partial charge in [0, 0.05) is 30.4 Å². The summed E-state index contributed by atoms with van der Waals surface area (Å²) in [6.07, 6.45) is 0.0813. The first-order valence-electron chi connectivity index (χ1n) is 11.5. The Balaban J connectivity index is 1.28. The second-order valence-electron chi connectivity index (χ2n) is 8.59. The van der Waals surface area contributed by atoms with Crippen molar-refractivity contribution in [1.29, 1.82) is 0 Å². The molecule has 3 aromatic carbocycles. The van der Waals surface area contributed by atoms with Crippen LogP contribution in [0.2, 0.25) is 0 Å².